The Balaban J connectivity index is 1.50. The molecule has 1 aliphatic heterocycles. The summed E-state index contributed by atoms with van der Waals surface area (Å²) in [5, 5.41) is 27.0. The standard InChI is InChI=1S/C24H25N3O4S/c1-15-6-10-19(11-7-15)32-24-21(26-27-25)22(29)23(20(13-28)31-24)30-14-16-8-9-17-4-2-3-5-18(17)12-16/h2-12,20-24,28-29H,13-14H2,1H3/t20-,21-,22-,23-,24?/m1/s1. The van der Waals surface area contributed by atoms with Crippen molar-refractivity contribution in [2.75, 3.05) is 6.61 Å². The second kappa shape index (κ2) is 10.4. The molecule has 2 N–H and O–H groups in total. The highest BCUT2D eigenvalue weighted by molar-refractivity contribution is 7.99. The van der Waals surface area contributed by atoms with E-state index >= 15 is 0 Å². The van der Waals surface area contributed by atoms with Crippen LogP contribution in [0.4, 0.5) is 0 Å². The topological polar surface area (TPSA) is 108 Å². The molecule has 8 heteroatoms. The number of ether oxygens (including phenoxy) is 2. The van der Waals surface area contributed by atoms with E-state index in [2.05, 4.69) is 10.0 Å². The lowest BCUT2D eigenvalue weighted by Gasteiger charge is -2.42. The van der Waals surface area contributed by atoms with E-state index in [9.17, 15) is 10.2 Å². The van der Waals surface area contributed by atoms with Crippen LogP contribution >= 0.6 is 11.8 Å². The fraction of sp³-hybridized carbons (Fsp3) is 0.333. The Labute approximate surface area is 190 Å². The van der Waals surface area contributed by atoms with Crippen LogP contribution in [0, 0.1) is 6.92 Å². The summed E-state index contributed by atoms with van der Waals surface area (Å²) in [6.45, 7) is 1.90. The summed E-state index contributed by atoms with van der Waals surface area (Å²) < 4.78 is 12.0. The van der Waals surface area contributed by atoms with Gasteiger partial charge < -0.3 is 19.7 Å². The Bertz CT molecular complexity index is 1100. The zero-order chi connectivity index (χ0) is 22.5. The van der Waals surface area contributed by atoms with E-state index in [0.717, 1.165) is 26.8 Å². The van der Waals surface area contributed by atoms with Gasteiger partial charge in [0, 0.05) is 9.81 Å². The van der Waals surface area contributed by atoms with Crippen molar-refractivity contribution in [2.45, 2.75) is 48.2 Å². The van der Waals surface area contributed by atoms with Crippen LogP contribution in [0.3, 0.4) is 0 Å². The second-order valence-corrected chi connectivity index (χ2v) is 8.97. The van der Waals surface area contributed by atoms with Crippen molar-refractivity contribution in [3.05, 3.63) is 88.3 Å². The van der Waals surface area contributed by atoms with Crippen LogP contribution in [0.2, 0.25) is 0 Å². The monoisotopic (exact) mass is 451 g/mol. The Morgan fingerprint density at radius 2 is 1.84 bits per heavy atom. The number of aliphatic hydroxyl groups excluding tert-OH is 2. The minimum atomic E-state index is -1.12. The maximum Gasteiger partial charge on any atom is 0.119 e. The molecule has 0 aliphatic carbocycles. The third kappa shape index (κ3) is 5.07. The average Bonchev–Trinajstić information content (AvgIpc) is 2.81. The Morgan fingerprint density at radius 3 is 2.56 bits per heavy atom. The predicted molar refractivity (Wildman–Crippen MR) is 124 cm³/mol. The summed E-state index contributed by atoms with van der Waals surface area (Å²) >= 11 is 1.35. The van der Waals surface area contributed by atoms with Crippen molar-refractivity contribution >= 4 is 22.5 Å². The molecule has 0 spiro atoms. The summed E-state index contributed by atoms with van der Waals surface area (Å²) in [6.07, 6.45) is -2.71. The minimum Gasteiger partial charge on any atom is -0.394 e. The first-order valence-corrected chi connectivity index (χ1v) is 11.3. The number of fused-ring (bicyclic) bond motifs is 1. The predicted octanol–water partition coefficient (Wildman–Crippen LogP) is 4.58. The van der Waals surface area contributed by atoms with E-state index in [0.29, 0.717) is 0 Å². The van der Waals surface area contributed by atoms with Gasteiger partial charge in [-0.1, -0.05) is 71.0 Å². The highest BCUT2D eigenvalue weighted by Crippen LogP contribution is 2.36. The molecule has 0 radical (unpaired) electrons. The highest BCUT2D eigenvalue weighted by atomic mass is 32.2. The fourth-order valence-electron chi connectivity index (χ4n) is 3.81. The number of benzene rings is 3. The van der Waals surface area contributed by atoms with E-state index in [-0.39, 0.29) is 13.2 Å². The SMILES string of the molecule is Cc1ccc(SC2O[C@H](CO)[C@@H](OCc3ccc4ccccc4c3)[C@H](O)[C@H]2N=[N+]=[N-])cc1. The molecule has 3 aromatic rings. The van der Waals surface area contributed by atoms with Crippen LogP contribution in [0.5, 0.6) is 0 Å². The van der Waals surface area contributed by atoms with Gasteiger partial charge >= 0.3 is 0 Å². The van der Waals surface area contributed by atoms with Crippen molar-refractivity contribution in [2.24, 2.45) is 5.11 Å². The number of hydrogen-bond acceptors (Lipinski definition) is 6. The molecule has 0 saturated carbocycles. The zero-order valence-corrected chi connectivity index (χ0v) is 18.4. The molecule has 4 rings (SSSR count). The van der Waals surface area contributed by atoms with E-state index < -0.39 is 29.8 Å². The van der Waals surface area contributed by atoms with Gasteiger partial charge in [0.2, 0.25) is 0 Å². The lowest BCUT2D eigenvalue weighted by Crippen LogP contribution is -2.57. The van der Waals surface area contributed by atoms with Gasteiger partial charge in [-0.3, -0.25) is 0 Å². The molecule has 3 aromatic carbocycles. The Morgan fingerprint density at radius 1 is 1.09 bits per heavy atom. The van der Waals surface area contributed by atoms with Crippen LogP contribution in [0.15, 0.2) is 76.7 Å². The quantitative estimate of drug-likeness (QED) is 0.310. The third-order valence-electron chi connectivity index (χ3n) is 5.54. The van der Waals surface area contributed by atoms with Gasteiger partial charge in [0.15, 0.2) is 0 Å². The van der Waals surface area contributed by atoms with Crippen LogP contribution in [0.1, 0.15) is 11.1 Å². The van der Waals surface area contributed by atoms with E-state index in [1.54, 1.807) is 0 Å². The number of nitrogens with zero attached hydrogens (tertiary/aromatic N) is 3. The van der Waals surface area contributed by atoms with E-state index in [1.165, 1.54) is 11.8 Å². The van der Waals surface area contributed by atoms with Gasteiger partial charge in [0.1, 0.15) is 23.7 Å². The number of hydrogen-bond donors (Lipinski definition) is 2. The molecule has 166 valence electrons. The first kappa shape index (κ1) is 22.6. The molecule has 0 amide bonds. The van der Waals surface area contributed by atoms with Crippen molar-refractivity contribution in [1.82, 2.24) is 0 Å². The summed E-state index contributed by atoms with van der Waals surface area (Å²) in [4.78, 5) is 3.82. The Hall–Kier alpha value is -2.58. The van der Waals surface area contributed by atoms with Crippen molar-refractivity contribution in [3.63, 3.8) is 0 Å². The van der Waals surface area contributed by atoms with Crippen LogP contribution < -0.4 is 0 Å². The first-order chi connectivity index (χ1) is 15.6. The lowest BCUT2D eigenvalue weighted by atomic mass is 9.98. The number of aryl methyl sites for hydroxylation is 1. The summed E-state index contributed by atoms with van der Waals surface area (Å²) in [6, 6.07) is 21.0. The summed E-state index contributed by atoms with van der Waals surface area (Å²) in [5.74, 6) is 0. The van der Waals surface area contributed by atoms with Crippen LogP contribution in [0.25, 0.3) is 21.2 Å². The molecule has 1 unspecified atom stereocenters. The smallest absolute Gasteiger partial charge is 0.119 e. The number of thioether (sulfide) groups is 1. The van der Waals surface area contributed by atoms with Crippen molar-refractivity contribution in [1.29, 1.82) is 0 Å². The molecule has 7 nitrogen and oxygen atoms in total. The normalized spacial score (nSPS) is 25.4. The second-order valence-electron chi connectivity index (χ2n) is 7.80. The molecule has 1 aliphatic rings. The van der Waals surface area contributed by atoms with Gasteiger partial charge in [0.25, 0.3) is 0 Å². The minimum absolute atomic E-state index is 0.227. The fourth-order valence-corrected chi connectivity index (χ4v) is 4.92. The van der Waals surface area contributed by atoms with Gasteiger partial charge in [-0.15, -0.1) is 0 Å². The van der Waals surface area contributed by atoms with E-state index in [4.69, 9.17) is 15.0 Å². The molecule has 0 aromatic heterocycles. The third-order valence-corrected chi connectivity index (χ3v) is 6.70. The summed E-state index contributed by atoms with van der Waals surface area (Å²) in [7, 11) is 0. The van der Waals surface area contributed by atoms with Crippen molar-refractivity contribution in [3.8, 4) is 0 Å². The number of aliphatic hydroxyl groups is 2. The first-order valence-electron chi connectivity index (χ1n) is 10.4. The maximum atomic E-state index is 11.0. The molecular formula is C24H25N3O4S. The summed E-state index contributed by atoms with van der Waals surface area (Å²) in [5.41, 5.74) is 10.5. The Kier molecular flexibility index (Phi) is 7.32. The number of rotatable bonds is 7. The van der Waals surface area contributed by atoms with E-state index in [1.807, 2.05) is 73.7 Å². The van der Waals surface area contributed by atoms with Gasteiger partial charge in [-0.05, 0) is 47.0 Å². The molecule has 32 heavy (non-hydrogen) atoms. The molecule has 5 atom stereocenters. The number of azide groups is 1. The molecule has 1 fully saturated rings. The highest BCUT2D eigenvalue weighted by Gasteiger charge is 2.45. The molecule has 1 heterocycles. The van der Waals surface area contributed by atoms with Gasteiger partial charge in [0.05, 0.1) is 19.3 Å². The molecular weight excluding hydrogens is 426 g/mol. The largest absolute Gasteiger partial charge is 0.394 e. The van der Waals surface area contributed by atoms with Crippen LogP contribution in [-0.4, -0.2) is 46.6 Å². The average molecular weight is 452 g/mol. The lowest BCUT2D eigenvalue weighted by molar-refractivity contribution is -0.190. The molecule has 1 saturated heterocycles. The van der Waals surface area contributed by atoms with Crippen molar-refractivity contribution < 1.29 is 19.7 Å². The van der Waals surface area contributed by atoms with Gasteiger partial charge in [-0.2, -0.15) is 0 Å². The molecule has 0 bridgehead atoms. The van der Waals surface area contributed by atoms with Crippen LogP contribution in [-0.2, 0) is 16.1 Å². The zero-order valence-electron chi connectivity index (χ0n) is 17.6. The van der Waals surface area contributed by atoms with Gasteiger partial charge in [-0.25, -0.2) is 0 Å². The maximum absolute atomic E-state index is 11.0.